The van der Waals surface area contributed by atoms with E-state index in [2.05, 4.69) is 20.6 Å². The monoisotopic (exact) mass is 387 g/mol. The molecule has 1 amide bonds. The molecule has 0 atom stereocenters. The SMILES string of the molecule is O=C(COc1ncn(-c2ccccc2)n1)NN=Cc1c(O)ccc2ccccc12. The molecule has 0 bridgehead atoms. The molecule has 1 aromatic heterocycles. The summed E-state index contributed by atoms with van der Waals surface area (Å²) in [5, 5.41) is 19.9. The molecule has 0 unspecified atom stereocenters. The number of benzene rings is 3. The largest absolute Gasteiger partial charge is 0.507 e. The first kappa shape index (κ1) is 18.2. The van der Waals surface area contributed by atoms with Crippen LogP contribution in [0.5, 0.6) is 11.8 Å². The third-order valence-electron chi connectivity index (χ3n) is 4.15. The van der Waals surface area contributed by atoms with Crippen LogP contribution in [0.15, 0.2) is 78.2 Å². The van der Waals surface area contributed by atoms with E-state index in [0.717, 1.165) is 16.5 Å². The van der Waals surface area contributed by atoms with Gasteiger partial charge in [-0.2, -0.15) is 10.1 Å². The number of amides is 1. The van der Waals surface area contributed by atoms with Gasteiger partial charge in [0.1, 0.15) is 12.1 Å². The summed E-state index contributed by atoms with van der Waals surface area (Å²) < 4.78 is 6.84. The van der Waals surface area contributed by atoms with Crippen molar-refractivity contribution in [3.8, 4) is 17.4 Å². The van der Waals surface area contributed by atoms with E-state index in [-0.39, 0.29) is 18.4 Å². The lowest BCUT2D eigenvalue weighted by atomic mass is 10.0. The average Bonchev–Trinajstić information content (AvgIpc) is 3.24. The van der Waals surface area contributed by atoms with Crippen molar-refractivity contribution in [3.05, 3.63) is 78.6 Å². The van der Waals surface area contributed by atoms with Gasteiger partial charge in [0.15, 0.2) is 6.61 Å². The predicted molar refractivity (Wildman–Crippen MR) is 108 cm³/mol. The summed E-state index contributed by atoms with van der Waals surface area (Å²) in [7, 11) is 0. The predicted octanol–water partition coefficient (Wildman–Crippen LogP) is 2.66. The number of rotatable bonds is 6. The second-order valence-electron chi connectivity index (χ2n) is 6.11. The molecular weight excluding hydrogens is 370 g/mol. The first-order valence-corrected chi connectivity index (χ1v) is 8.83. The first-order valence-electron chi connectivity index (χ1n) is 8.83. The summed E-state index contributed by atoms with van der Waals surface area (Å²) in [6.45, 7) is -0.294. The van der Waals surface area contributed by atoms with Crippen LogP contribution in [0.25, 0.3) is 16.5 Å². The maximum atomic E-state index is 12.0. The molecule has 8 nitrogen and oxygen atoms in total. The molecule has 4 aromatic rings. The Morgan fingerprint density at radius 1 is 1.10 bits per heavy atom. The zero-order chi connectivity index (χ0) is 20.1. The summed E-state index contributed by atoms with van der Waals surface area (Å²) in [6.07, 6.45) is 2.90. The standard InChI is InChI=1S/C21H17N5O3/c27-19-11-10-15-6-4-5-9-17(15)18(19)12-23-24-20(28)13-29-21-22-14-26(25-21)16-7-2-1-3-8-16/h1-12,14,27H,13H2,(H,24,28). The molecule has 144 valence electrons. The third-order valence-corrected chi connectivity index (χ3v) is 4.15. The summed E-state index contributed by atoms with van der Waals surface area (Å²) in [4.78, 5) is 16.0. The number of carbonyl (C=O) groups is 1. The van der Waals surface area contributed by atoms with Crippen LogP contribution < -0.4 is 10.2 Å². The zero-order valence-corrected chi connectivity index (χ0v) is 15.3. The fourth-order valence-electron chi connectivity index (χ4n) is 2.77. The normalized spacial score (nSPS) is 11.0. The molecular formula is C21H17N5O3. The molecule has 2 N–H and O–H groups in total. The van der Waals surface area contributed by atoms with Crippen molar-refractivity contribution in [2.24, 2.45) is 5.10 Å². The molecule has 0 radical (unpaired) electrons. The average molecular weight is 387 g/mol. The molecule has 0 saturated carbocycles. The highest BCUT2D eigenvalue weighted by molar-refractivity contribution is 6.02. The number of ether oxygens (including phenoxy) is 1. The van der Waals surface area contributed by atoms with E-state index in [1.54, 1.807) is 10.7 Å². The topological polar surface area (TPSA) is 102 Å². The van der Waals surface area contributed by atoms with Crippen LogP contribution in [0.3, 0.4) is 0 Å². The lowest BCUT2D eigenvalue weighted by molar-refractivity contribution is -0.123. The number of hydrogen-bond donors (Lipinski definition) is 2. The van der Waals surface area contributed by atoms with Crippen LogP contribution in [0.4, 0.5) is 0 Å². The fourth-order valence-corrected chi connectivity index (χ4v) is 2.77. The zero-order valence-electron chi connectivity index (χ0n) is 15.3. The van der Waals surface area contributed by atoms with E-state index in [1.807, 2.05) is 60.7 Å². The summed E-state index contributed by atoms with van der Waals surface area (Å²) in [5.74, 6) is -0.398. The lowest BCUT2D eigenvalue weighted by Crippen LogP contribution is -2.24. The maximum absolute atomic E-state index is 12.0. The van der Waals surface area contributed by atoms with Crippen molar-refractivity contribution in [2.75, 3.05) is 6.61 Å². The third kappa shape index (κ3) is 4.22. The van der Waals surface area contributed by atoms with Crippen molar-refractivity contribution in [1.29, 1.82) is 0 Å². The summed E-state index contributed by atoms with van der Waals surface area (Å²) in [6, 6.07) is 20.5. The Balaban J connectivity index is 1.35. The van der Waals surface area contributed by atoms with Gasteiger partial charge < -0.3 is 9.84 Å². The van der Waals surface area contributed by atoms with Gasteiger partial charge in [-0.3, -0.25) is 4.79 Å². The molecule has 29 heavy (non-hydrogen) atoms. The van der Waals surface area contributed by atoms with Crippen LogP contribution in [0, 0.1) is 0 Å². The number of aromatic nitrogens is 3. The minimum Gasteiger partial charge on any atom is -0.507 e. The number of phenolic OH excluding ortho intramolecular Hbond substituents is 1. The Kier molecular flexibility index (Phi) is 5.15. The van der Waals surface area contributed by atoms with Gasteiger partial charge >= 0.3 is 6.01 Å². The Morgan fingerprint density at radius 3 is 2.76 bits per heavy atom. The number of hydrogen-bond acceptors (Lipinski definition) is 6. The molecule has 0 aliphatic rings. The van der Waals surface area contributed by atoms with Gasteiger partial charge in [0.05, 0.1) is 11.9 Å². The van der Waals surface area contributed by atoms with Gasteiger partial charge in [-0.05, 0) is 29.0 Å². The number of carbonyl (C=O) groups excluding carboxylic acids is 1. The number of phenols is 1. The second-order valence-corrected chi connectivity index (χ2v) is 6.11. The lowest BCUT2D eigenvalue weighted by Gasteiger charge is -2.05. The molecule has 1 heterocycles. The van der Waals surface area contributed by atoms with Crippen LogP contribution in [-0.4, -0.2) is 38.6 Å². The Hall–Kier alpha value is -4.20. The molecule has 4 rings (SSSR count). The molecule has 8 heteroatoms. The number of aromatic hydroxyl groups is 1. The minimum atomic E-state index is -0.475. The summed E-state index contributed by atoms with van der Waals surface area (Å²) >= 11 is 0. The van der Waals surface area contributed by atoms with Gasteiger partial charge in [-0.15, -0.1) is 5.10 Å². The van der Waals surface area contributed by atoms with Gasteiger partial charge in [-0.1, -0.05) is 48.5 Å². The smallest absolute Gasteiger partial charge is 0.336 e. The highest BCUT2D eigenvalue weighted by Gasteiger charge is 2.08. The molecule has 3 aromatic carbocycles. The number of hydrazone groups is 1. The highest BCUT2D eigenvalue weighted by atomic mass is 16.5. The van der Waals surface area contributed by atoms with Crippen molar-refractivity contribution >= 4 is 22.9 Å². The van der Waals surface area contributed by atoms with E-state index in [9.17, 15) is 9.90 Å². The van der Waals surface area contributed by atoms with Crippen LogP contribution in [0.2, 0.25) is 0 Å². The number of nitrogens with zero attached hydrogens (tertiary/aromatic N) is 4. The number of nitrogens with one attached hydrogen (secondary N) is 1. The van der Waals surface area contributed by atoms with Crippen LogP contribution >= 0.6 is 0 Å². The fraction of sp³-hybridized carbons (Fsp3) is 0.0476. The van der Waals surface area contributed by atoms with E-state index >= 15 is 0 Å². The van der Waals surface area contributed by atoms with Gasteiger partial charge in [0.25, 0.3) is 5.91 Å². The highest BCUT2D eigenvalue weighted by Crippen LogP contribution is 2.25. The Labute approximate surface area is 166 Å². The maximum Gasteiger partial charge on any atom is 0.336 e. The van der Waals surface area contributed by atoms with Crippen LogP contribution in [0.1, 0.15) is 5.56 Å². The first-order chi connectivity index (χ1) is 14.2. The number of fused-ring (bicyclic) bond motifs is 1. The summed E-state index contributed by atoms with van der Waals surface area (Å²) in [5.41, 5.74) is 3.72. The second kappa shape index (κ2) is 8.22. The Bertz CT molecular complexity index is 1170. The van der Waals surface area contributed by atoms with Gasteiger partial charge in [0, 0.05) is 5.56 Å². The molecule has 0 fully saturated rings. The van der Waals surface area contributed by atoms with E-state index < -0.39 is 5.91 Å². The minimum absolute atomic E-state index is 0.0774. The van der Waals surface area contributed by atoms with E-state index in [1.165, 1.54) is 12.5 Å². The van der Waals surface area contributed by atoms with Gasteiger partial charge in [-0.25, -0.2) is 10.1 Å². The molecule has 0 saturated heterocycles. The van der Waals surface area contributed by atoms with Crippen molar-refractivity contribution in [2.45, 2.75) is 0 Å². The Morgan fingerprint density at radius 2 is 1.90 bits per heavy atom. The van der Waals surface area contributed by atoms with Crippen molar-refractivity contribution in [3.63, 3.8) is 0 Å². The van der Waals surface area contributed by atoms with E-state index in [4.69, 9.17) is 4.74 Å². The van der Waals surface area contributed by atoms with Crippen molar-refractivity contribution < 1.29 is 14.6 Å². The molecule has 0 aliphatic carbocycles. The molecule has 0 aliphatic heterocycles. The molecule has 0 spiro atoms. The quantitative estimate of drug-likeness (QED) is 0.391. The van der Waals surface area contributed by atoms with Crippen molar-refractivity contribution in [1.82, 2.24) is 20.2 Å². The van der Waals surface area contributed by atoms with E-state index in [0.29, 0.717) is 5.56 Å². The number of para-hydroxylation sites is 1. The van der Waals surface area contributed by atoms with Gasteiger partial charge in [0.2, 0.25) is 0 Å². The van der Waals surface area contributed by atoms with Crippen LogP contribution in [-0.2, 0) is 4.79 Å².